The van der Waals surface area contributed by atoms with E-state index < -0.39 is 15.4 Å². The summed E-state index contributed by atoms with van der Waals surface area (Å²) in [6, 6.07) is 1.95. The van der Waals surface area contributed by atoms with Crippen molar-refractivity contribution in [3.05, 3.63) is 24.0 Å². The number of nitrogens with two attached hydrogens (primary N) is 1. The van der Waals surface area contributed by atoms with E-state index in [-0.39, 0.29) is 12.4 Å². The van der Waals surface area contributed by atoms with E-state index in [9.17, 15) is 8.42 Å². The molecule has 0 aliphatic carbocycles. The quantitative estimate of drug-likeness (QED) is 0.825. The van der Waals surface area contributed by atoms with Crippen molar-refractivity contribution in [1.29, 1.82) is 0 Å². The van der Waals surface area contributed by atoms with Crippen LogP contribution in [0.25, 0.3) is 5.65 Å². The fourth-order valence-corrected chi connectivity index (χ4v) is 3.61. The van der Waals surface area contributed by atoms with Crippen LogP contribution in [0.15, 0.2) is 18.5 Å². The molecule has 2 N–H and O–H groups in total. The van der Waals surface area contributed by atoms with Crippen LogP contribution in [0.4, 0.5) is 0 Å². The lowest BCUT2D eigenvalue weighted by atomic mass is 9.98. The van der Waals surface area contributed by atoms with E-state index in [1.165, 1.54) is 0 Å². The molecule has 23 heavy (non-hydrogen) atoms. The predicted octanol–water partition coefficient (Wildman–Crippen LogP) is 1.62. The van der Waals surface area contributed by atoms with Crippen molar-refractivity contribution in [2.75, 3.05) is 12.4 Å². The van der Waals surface area contributed by atoms with E-state index in [2.05, 4.69) is 23.9 Å². The minimum Gasteiger partial charge on any atom is -0.476 e. The molecule has 0 aliphatic heterocycles. The number of primary sulfonamides is 1. The van der Waals surface area contributed by atoms with Gasteiger partial charge in [0.05, 0.1) is 12.4 Å². The van der Waals surface area contributed by atoms with Gasteiger partial charge in [0.1, 0.15) is 0 Å². The summed E-state index contributed by atoms with van der Waals surface area (Å²) in [5.74, 6) is 0.799. The second kappa shape index (κ2) is 6.45. The van der Waals surface area contributed by atoms with Gasteiger partial charge in [0.25, 0.3) is 0 Å². The number of aromatic nitrogens is 3. The van der Waals surface area contributed by atoms with Gasteiger partial charge >= 0.3 is 0 Å². The molecule has 8 heteroatoms. The maximum Gasteiger partial charge on any atom is 0.235 e. The summed E-state index contributed by atoms with van der Waals surface area (Å²) in [6.07, 6.45) is 4.23. The van der Waals surface area contributed by atoms with Crippen molar-refractivity contribution >= 4 is 15.7 Å². The van der Waals surface area contributed by atoms with E-state index in [4.69, 9.17) is 9.88 Å². The van der Waals surface area contributed by atoms with Crippen molar-refractivity contribution in [1.82, 2.24) is 14.6 Å². The molecule has 0 saturated heterocycles. The highest BCUT2D eigenvalue weighted by Gasteiger charge is 2.26. The van der Waals surface area contributed by atoms with E-state index >= 15 is 0 Å². The Morgan fingerprint density at radius 2 is 2.09 bits per heavy atom. The average molecular weight is 340 g/mol. The first-order valence-corrected chi connectivity index (χ1v) is 9.24. The Kier molecular flexibility index (Phi) is 4.95. The van der Waals surface area contributed by atoms with Gasteiger partial charge < -0.3 is 4.74 Å². The average Bonchev–Trinajstić information content (AvgIpc) is 2.79. The standard InChI is InChI=1S/C15H24N4O3S/c1-11(2)7-12-8-13-17-5-6-19(13)18-14(12)22-9-15(3,4)10-23(16,20)21/h5-6,8,11H,7,9-10H2,1-4H3,(H2,16,20,21). The van der Waals surface area contributed by atoms with E-state index in [1.807, 2.05) is 6.07 Å². The van der Waals surface area contributed by atoms with Gasteiger partial charge in [0.15, 0.2) is 5.65 Å². The summed E-state index contributed by atoms with van der Waals surface area (Å²) < 4.78 is 30.1. The van der Waals surface area contributed by atoms with Crippen LogP contribution in [-0.2, 0) is 16.4 Å². The molecule has 0 saturated carbocycles. The number of hydrogen-bond donors (Lipinski definition) is 1. The fourth-order valence-electron chi connectivity index (χ4n) is 2.43. The maximum atomic E-state index is 11.3. The molecule has 0 bridgehead atoms. The van der Waals surface area contributed by atoms with Crippen LogP contribution < -0.4 is 9.88 Å². The SMILES string of the molecule is CC(C)Cc1cc2nccn2nc1OCC(C)(C)CS(N)(=O)=O. The third-order valence-electron chi connectivity index (χ3n) is 3.25. The lowest BCUT2D eigenvalue weighted by Gasteiger charge is -2.24. The molecule has 2 rings (SSSR count). The number of sulfonamides is 1. The Labute approximate surface area is 136 Å². The van der Waals surface area contributed by atoms with Gasteiger partial charge in [-0.1, -0.05) is 27.7 Å². The molecule has 0 atom stereocenters. The highest BCUT2D eigenvalue weighted by Crippen LogP contribution is 2.24. The largest absolute Gasteiger partial charge is 0.476 e. The topological polar surface area (TPSA) is 99.6 Å². The lowest BCUT2D eigenvalue weighted by molar-refractivity contribution is 0.189. The first kappa shape index (κ1) is 17.7. The summed E-state index contributed by atoms with van der Waals surface area (Å²) in [5, 5.41) is 9.57. The van der Waals surface area contributed by atoms with Crippen molar-refractivity contribution in [3.8, 4) is 5.88 Å². The molecule has 2 aromatic heterocycles. The summed E-state index contributed by atoms with van der Waals surface area (Å²) >= 11 is 0. The molecular formula is C15H24N4O3S. The molecule has 0 radical (unpaired) electrons. The zero-order chi connectivity index (χ0) is 17.3. The van der Waals surface area contributed by atoms with Crippen LogP contribution in [0, 0.1) is 11.3 Å². The third-order valence-corrected chi connectivity index (χ3v) is 4.43. The van der Waals surface area contributed by atoms with Crippen LogP contribution in [0.5, 0.6) is 5.88 Å². The number of imidazole rings is 1. The zero-order valence-corrected chi connectivity index (χ0v) is 14.8. The molecule has 0 amide bonds. The molecule has 0 aliphatic rings. The highest BCUT2D eigenvalue weighted by molar-refractivity contribution is 7.89. The summed E-state index contributed by atoms with van der Waals surface area (Å²) in [5.41, 5.74) is 1.12. The van der Waals surface area contributed by atoms with Gasteiger partial charge in [0, 0.05) is 23.4 Å². The second-order valence-electron chi connectivity index (χ2n) is 7.06. The Balaban J connectivity index is 2.23. The molecule has 0 spiro atoms. The van der Waals surface area contributed by atoms with Crippen LogP contribution in [-0.4, -0.2) is 35.4 Å². The van der Waals surface area contributed by atoms with Crippen LogP contribution in [0.2, 0.25) is 0 Å². The number of hydrogen-bond acceptors (Lipinski definition) is 5. The first-order valence-electron chi connectivity index (χ1n) is 7.52. The minimum atomic E-state index is -3.56. The van der Waals surface area contributed by atoms with Gasteiger partial charge in [-0.15, -0.1) is 5.10 Å². The molecule has 0 aromatic carbocycles. The van der Waals surface area contributed by atoms with Crippen molar-refractivity contribution < 1.29 is 13.2 Å². The van der Waals surface area contributed by atoms with E-state index in [0.29, 0.717) is 11.8 Å². The Bertz CT molecular complexity index is 781. The third kappa shape index (κ3) is 5.18. The predicted molar refractivity (Wildman–Crippen MR) is 88.8 cm³/mol. The molecule has 0 unspecified atom stereocenters. The van der Waals surface area contributed by atoms with Gasteiger partial charge in [-0.25, -0.2) is 23.1 Å². The fraction of sp³-hybridized carbons (Fsp3) is 0.600. The number of ether oxygens (including phenoxy) is 1. The van der Waals surface area contributed by atoms with E-state index in [1.54, 1.807) is 30.8 Å². The Morgan fingerprint density at radius 1 is 1.39 bits per heavy atom. The van der Waals surface area contributed by atoms with Crippen molar-refractivity contribution in [2.45, 2.75) is 34.1 Å². The molecular weight excluding hydrogens is 316 g/mol. The molecule has 2 aromatic rings. The number of rotatable bonds is 7. The molecule has 2 heterocycles. The normalized spacial score (nSPS) is 13.0. The van der Waals surface area contributed by atoms with Crippen LogP contribution in [0.1, 0.15) is 33.3 Å². The molecule has 7 nitrogen and oxygen atoms in total. The Morgan fingerprint density at radius 3 is 2.70 bits per heavy atom. The number of fused-ring (bicyclic) bond motifs is 1. The Hall–Kier alpha value is -1.67. The summed E-state index contributed by atoms with van der Waals surface area (Å²) in [4.78, 5) is 4.23. The first-order chi connectivity index (χ1) is 10.6. The molecule has 128 valence electrons. The van der Waals surface area contributed by atoms with Gasteiger partial charge in [-0.2, -0.15) is 0 Å². The van der Waals surface area contributed by atoms with Gasteiger partial charge in [-0.3, -0.25) is 0 Å². The summed E-state index contributed by atoms with van der Waals surface area (Å²) in [6.45, 7) is 8.04. The van der Waals surface area contributed by atoms with E-state index in [0.717, 1.165) is 17.6 Å². The van der Waals surface area contributed by atoms with Crippen LogP contribution >= 0.6 is 0 Å². The second-order valence-corrected chi connectivity index (χ2v) is 8.68. The summed E-state index contributed by atoms with van der Waals surface area (Å²) in [7, 11) is -3.56. The van der Waals surface area contributed by atoms with Crippen molar-refractivity contribution in [2.24, 2.45) is 16.5 Å². The number of nitrogens with zero attached hydrogens (tertiary/aromatic N) is 3. The lowest BCUT2D eigenvalue weighted by Crippen LogP contribution is -2.34. The van der Waals surface area contributed by atoms with Gasteiger partial charge in [0.2, 0.25) is 15.9 Å². The maximum absolute atomic E-state index is 11.3. The molecule has 0 fully saturated rings. The zero-order valence-electron chi connectivity index (χ0n) is 14.0. The van der Waals surface area contributed by atoms with Gasteiger partial charge in [-0.05, 0) is 18.4 Å². The highest BCUT2D eigenvalue weighted by atomic mass is 32.2. The van der Waals surface area contributed by atoms with Crippen LogP contribution in [0.3, 0.4) is 0 Å². The minimum absolute atomic E-state index is 0.146. The monoisotopic (exact) mass is 340 g/mol. The van der Waals surface area contributed by atoms with Crippen molar-refractivity contribution in [3.63, 3.8) is 0 Å². The smallest absolute Gasteiger partial charge is 0.235 e.